The van der Waals surface area contributed by atoms with Crippen LogP contribution in [0.25, 0.3) is 11.5 Å². The molecule has 9 heteroatoms. The van der Waals surface area contributed by atoms with Crippen LogP contribution in [0.2, 0.25) is 0 Å². The maximum atomic E-state index is 12.8. The monoisotopic (exact) mass is 443 g/mol. The lowest BCUT2D eigenvalue weighted by Gasteiger charge is -2.26. The topological polar surface area (TPSA) is 99.2 Å². The second kappa shape index (κ2) is 7.68. The van der Waals surface area contributed by atoms with Crippen LogP contribution in [0, 0.1) is 13.8 Å². The summed E-state index contributed by atoms with van der Waals surface area (Å²) in [5.74, 6) is 2.60. The molecule has 1 fully saturated rings. The fraction of sp³-hybridized carbons (Fsp3) is 0.375. The molecule has 1 aliphatic heterocycles. The number of anilines is 1. The van der Waals surface area contributed by atoms with Gasteiger partial charge in [0.1, 0.15) is 11.6 Å². The molecule has 3 aromatic heterocycles. The molecule has 6 rings (SSSR count). The number of nitrogens with one attached hydrogen (secondary N) is 1. The van der Waals surface area contributed by atoms with Crippen LogP contribution in [0.3, 0.4) is 0 Å². The Kier molecular flexibility index (Phi) is 4.63. The quantitative estimate of drug-likeness (QED) is 0.516. The van der Waals surface area contributed by atoms with E-state index < -0.39 is 0 Å². The van der Waals surface area contributed by atoms with Crippen molar-refractivity contribution < 1.29 is 9.53 Å². The lowest BCUT2D eigenvalue weighted by molar-refractivity contribution is -0.116. The highest BCUT2D eigenvalue weighted by Gasteiger charge is 2.35. The first kappa shape index (κ1) is 19.9. The van der Waals surface area contributed by atoms with Crippen molar-refractivity contribution in [2.45, 2.75) is 58.0 Å². The molecule has 0 bridgehead atoms. The first-order valence-electron chi connectivity index (χ1n) is 11.4. The molecule has 1 aliphatic carbocycles. The van der Waals surface area contributed by atoms with Gasteiger partial charge in [-0.2, -0.15) is 14.3 Å². The van der Waals surface area contributed by atoms with Crippen LogP contribution in [-0.2, 0) is 4.79 Å². The van der Waals surface area contributed by atoms with Gasteiger partial charge in [0, 0.05) is 23.5 Å². The van der Waals surface area contributed by atoms with E-state index in [0.717, 1.165) is 35.4 Å². The van der Waals surface area contributed by atoms with E-state index in [4.69, 9.17) is 9.84 Å². The van der Waals surface area contributed by atoms with Gasteiger partial charge in [-0.3, -0.25) is 4.79 Å². The van der Waals surface area contributed by atoms with E-state index in [0.29, 0.717) is 29.5 Å². The minimum atomic E-state index is -0.138. The predicted molar refractivity (Wildman–Crippen MR) is 122 cm³/mol. The Balaban J connectivity index is 1.45. The number of hydrogen-bond acceptors (Lipinski definition) is 6. The molecule has 33 heavy (non-hydrogen) atoms. The van der Waals surface area contributed by atoms with E-state index in [1.54, 1.807) is 9.20 Å². The Morgan fingerprint density at radius 2 is 1.85 bits per heavy atom. The molecule has 168 valence electrons. The minimum Gasteiger partial charge on any atom is -0.490 e. The van der Waals surface area contributed by atoms with Gasteiger partial charge in [0.25, 0.3) is 0 Å². The van der Waals surface area contributed by atoms with Gasteiger partial charge in [-0.1, -0.05) is 18.2 Å². The number of para-hydroxylation sites is 1. The van der Waals surface area contributed by atoms with Gasteiger partial charge >= 0.3 is 0 Å². The molecule has 1 N–H and O–H groups in total. The number of nitrogens with zero attached hydrogens (tertiary/aromatic N) is 6. The number of amides is 1. The number of aryl methyl sites for hydroxylation is 2. The fourth-order valence-electron chi connectivity index (χ4n) is 5.04. The van der Waals surface area contributed by atoms with E-state index in [9.17, 15) is 4.79 Å². The van der Waals surface area contributed by atoms with Crippen molar-refractivity contribution in [1.82, 2.24) is 29.6 Å². The maximum Gasteiger partial charge on any atom is 0.226 e. The summed E-state index contributed by atoms with van der Waals surface area (Å²) in [5, 5.41) is 20.6. The maximum absolute atomic E-state index is 12.8. The van der Waals surface area contributed by atoms with Gasteiger partial charge in [0.05, 0.1) is 11.8 Å². The van der Waals surface area contributed by atoms with Crippen LogP contribution >= 0.6 is 0 Å². The lowest BCUT2D eigenvalue weighted by atomic mass is 9.85. The molecule has 1 aromatic carbocycles. The molecule has 2 aliphatic rings. The SMILES string of the molecule is Cc1nn(-c2ccc3nnc(C)n3n2)c2c1C(c1ccccc1OC1CCCC1)CC(=O)N2. The third kappa shape index (κ3) is 3.35. The van der Waals surface area contributed by atoms with Crippen molar-refractivity contribution in [2.24, 2.45) is 0 Å². The molecular formula is C24H25N7O2. The summed E-state index contributed by atoms with van der Waals surface area (Å²) in [5.41, 5.74) is 3.54. The van der Waals surface area contributed by atoms with Crippen molar-refractivity contribution in [3.63, 3.8) is 0 Å². The molecule has 1 amide bonds. The number of rotatable bonds is 4. The van der Waals surface area contributed by atoms with Gasteiger partial charge < -0.3 is 10.1 Å². The third-order valence-corrected chi connectivity index (χ3v) is 6.61. The van der Waals surface area contributed by atoms with Gasteiger partial charge in [-0.15, -0.1) is 15.3 Å². The Morgan fingerprint density at radius 1 is 1.03 bits per heavy atom. The molecule has 0 saturated heterocycles. The van der Waals surface area contributed by atoms with Gasteiger partial charge in [-0.05, 0) is 57.7 Å². The van der Waals surface area contributed by atoms with Crippen LogP contribution in [0.5, 0.6) is 5.75 Å². The van der Waals surface area contributed by atoms with Gasteiger partial charge in [0.2, 0.25) is 5.91 Å². The Bertz CT molecular complexity index is 1370. The molecule has 9 nitrogen and oxygen atoms in total. The number of fused-ring (bicyclic) bond motifs is 2. The molecule has 1 unspecified atom stereocenters. The number of benzene rings is 1. The Morgan fingerprint density at radius 3 is 2.70 bits per heavy atom. The molecule has 1 atom stereocenters. The van der Waals surface area contributed by atoms with Crippen molar-refractivity contribution in [3.8, 4) is 11.6 Å². The molecule has 0 spiro atoms. The number of hydrogen-bond donors (Lipinski definition) is 1. The summed E-state index contributed by atoms with van der Waals surface area (Å²) in [7, 11) is 0. The normalized spacial score (nSPS) is 18.5. The zero-order valence-electron chi connectivity index (χ0n) is 18.7. The average Bonchev–Trinajstić information content (AvgIpc) is 3.54. The molecule has 0 radical (unpaired) electrons. The molecular weight excluding hydrogens is 418 g/mol. The highest BCUT2D eigenvalue weighted by Crippen LogP contribution is 2.43. The minimum absolute atomic E-state index is 0.0501. The smallest absolute Gasteiger partial charge is 0.226 e. The van der Waals surface area contributed by atoms with Crippen LogP contribution in [0.1, 0.15) is 60.7 Å². The highest BCUT2D eigenvalue weighted by atomic mass is 16.5. The summed E-state index contributed by atoms with van der Waals surface area (Å²) in [6, 6.07) is 11.8. The summed E-state index contributed by atoms with van der Waals surface area (Å²) in [6.07, 6.45) is 5.17. The van der Waals surface area contributed by atoms with Crippen molar-refractivity contribution in [3.05, 3.63) is 59.0 Å². The zero-order valence-corrected chi connectivity index (χ0v) is 18.7. The summed E-state index contributed by atoms with van der Waals surface area (Å²) in [6.45, 7) is 3.82. The Labute approximate surface area is 190 Å². The first-order chi connectivity index (χ1) is 16.1. The summed E-state index contributed by atoms with van der Waals surface area (Å²) < 4.78 is 9.78. The van der Waals surface area contributed by atoms with Crippen molar-refractivity contribution in [2.75, 3.05) is 5.32 Å². The van der Waals surface area contributed by atoms with Crippen LogP contribution in [-0.4, -0.2) is 41.6 Å². The summed E-state index contributed by atoms with van der Waals surface area (Å²) >= 11 is 0. The van der Waals surface area contributed by atoms with Gasteiger partial charge in [0.15, 0.2) is 17.3 Å². The number of ether oxygens (including phenoxy) is 1. The number of aromatic nitrogens is 6. The Hall–Kier alpha value is -3.75. The van der Waals surface area contributed by atoms with Crippen LogP contribution in [0.15, 0.2) is 36.4 Å². The van der Waals surface area contributed by atoms with Crippen LogP contribution < -0.4 is 10.1 Å². The molecule has 1 saturated carbocycles. The molecule has 4 heterocycles. The standard InChI is InChI=1S/C24H25N7O2/c1-14-23-18(17-9-5-6-10-19(17)33-16-7-3-4-8-16)13-22(32)25-24(23)31(28-14)21-12-11-20-27-26-15(2)30(20)29-21/h5-6,9-12,16,18H,3-4,7-8,13H2,1-2H3,(H,25,32). The molecule has 4 aromatic rings. The average molecular weight is 444 g/mol. The summed E-state index contributed by atoms with van der Waals surface area (Å²) in [4.78, 5) is 12.8. The highest BCUT2D eigenvalue weighted by molar-refractivity contribution is 5.95. The lowest BCUT2D eigenvalue weighted by Crippen LogP contribution is -2.25. The zero-order chi connectivity index (χ0) is 22.5. The number of carbonyl (C=O) groups excluding carboxylic acids is 1. The first-order valence-corrected chi connectivity index (χ1v) is 11.4. The predicted octanol–water partition coefficient (Wildman–Crippen LogP) is 3.72. The van der Waals surface area contributed by atoms with E-state index in [-0.39, 0.29) is 17.9 Å². The number of carbonyl (C=O) groups is 1. The van der Waals surface area contributed by atoms with Crippen molar-refractivity contribution >= 4 is 17.4 Å². The van der Waals surface area contributed by atoms with E-state index >= 15 is 0 Å². The fourth-order valence-corrected chi connectivity index (χ4v) is 5.04. The third-order valence-electron chi connectivity index (χ3n) is 6.61. The van der Waals surface area contributed by atoms with E-state index in [1.807, 2.05) is 44.2 Å². The second-order valence-electron chi connectivity index (χ2n) is 8.84. The largest absolute Gasteiger partial charge is 0.490 e. The van der Waals surface area contributed by atoms with E-state index in [1.165, 1.54) is 12.8 Å². The van der Waals surface area contributed by atoms with Crippen molar-refractivity contribution in [1.29, 1.82) is 0 Å². The van der Waals surface area contributed by atoms with Gasteiger partial charge in [-0.25, -0.2) is 0 Å². The second-order valence-corrected chi connectivity index (χ2v) is 8.84. The van der Waals surface area contributed by atoms with E-state index in [2.05, 4.69) is 26.7 Å². The van der Waals surface area contributed by atoms with Crippen LogP contribution in [0.4, 0.5) is 5.82 Å².